The standard InChI is InChI=1S/C19H16N4O2S2/c1-12-20-17(13-7-3-2-4-8-13)18(26-12)22-19(24)23-27(25)16-11-14-9-5-6-10-15(14)21-16/h2-11,21H,1H3,(H2,22,23,24,25)/p+1. The van der Waals surface area contributed by atoms with Gasteiger partial charge in [-0.25, -0.2) is 9.78 Å². The molecule has 0 spiro atoms. The number of urea groups is 1. The summed E-state index contributed by atoms with van der Waals surface area (Å²) >= 11 is 1.38. The fraction of sp³-hybridized carbons (Fsp3) is 0.0526. The fourth-order valence-electron chi connectivity index (χ4n) is 2.75. The number of rotatable bonds is 4. The summed E-state index contributed by atoms with van der Waals surface area (Å²) in [6.07, 6.45) is 0. The number of carbonyl (C=O) groups excluding carboxylic acids is 1. The number of aryl methyl sites for hydroxylation is 1. The summed E-state index contributed by atoms with van der Waals surface area (Å²) in [5, 5.41) is 5.65. The lowest BCUT2D eigenvalue weighted by molar-refractivity contribution is 0.257. The highest BCUT2D eigenvalue weighted by Crippen LogP contribution is 2.32. The normalized spacial score (nSPS) is 12.0. The number of amides is 2. The van der Waals surface area contributed by atoms with Crippen molar-refractivity contribution in [2.45, 2.75) is 11.9 Å². The van der Waals surface area contributed by atoms with Gasteiger partial charge in [-0.15, -0.1) is 16.1 Å². The molecular weight excluding hydrogens is 380 g/mol. The van der Waals surface area contributed by atoms with Crippen LogP contribution in [0.25, 0.3) is 22.2 Å². The molecule has 0 aliphatic rings. The molecule has 2 amide bonds. The minimum absolute atomic E-state index is 0.477. The lowest BCUT2D eigenvalue weighted by atomic mass is 10.2. The zero-order chi connectivity index (χ0) is 18.8. The van der Waals surface area contributed by atoms with E-state index in [0.29, 0.717) is 15.7 Å². The third kappa shape index (κ3) is 3.76. The van der Waals surface area contributed by atoms with E-state index in [1.807, 2.05) is 61.5 Å². The third-order valence-corrected chi connectivity index (χ3v) is 5.92. The molecule has 8 heteroatoms. The van der Waals surface area contributed by atoms with Crippen LogP contribution in [-0.2, 0) is 15.2 Å². The number of fused-ring (bicyclic) bond motifs is 1. The van der Waals surface area contributed by atoms with Gasteiger partial charge in [-0.2, -0.15) is 0 Å². The number of benzene rings is 2. The average Bonchev–Trinajstić information content (AvgIpc) is 3.25. The Hall–Kier alpha value is -2.97. The molecule has 0 aliphatic heterocycles. The van der Waals surface area contributed by atoms with E-state index in [0.717, 1.165) is 21.5 Å². The van der Waals surface area contributed by atoms with Crippen LogP contribution in [0.5, 0.6) is 0 Å². The van der Waals surface area contributed by atoms with E-state index in [2.05, 4.69) is 20.0 Å². The van der Waals surface area contributed by atoms with Gasteiger partial charge < -0.3 is 4.98 Å². The minimum Gasteiger partial charge on any atom is -0.314 e. The topological polar surface area (TPSA) is 86.9 Å². The molecule has 2 aromatic carbocycles. The molecule has 136 valence electrons. The second-order valence-corrected chi connectivity index (χ2v) is 8.38. The summed E-state index contributed by atoms with van der Waals surface area (Å²) in [7, 11) is -2.10. The molecule has 0 radical (unpaired) electrons. The number of para-hydroxylation sites is 1. The zero-order valence-corrected chi connectivity index (χ0v) is 16.1. The van der Waals surface area contributed by atoms with Crippen molar-refractivity contribution in [2.75, 3.05) is 5.32 Å². The molecular formula is C19H17N4O2S2+. The summed E-state index contributed by atoms with van der Waals surface area (Å²) in [4.78, 5) is 19.9. The second kappa shape index (κ2) is 7.34. The Morgan fingerprint density at radius 1 is 1.11 bits per heavy atom. The number of nitrogens with zero attached hydrogens (tertiary/aromatic N) is 1. The lowest BCUT2D eigenvalue weighted by Crippen LogP contribution is -2.30. The summed E-state index contributed by atoms with van der Waals surface area (Å²) in [5.41, 5.74) is 2.49. The van der Waals surface area contributed by atoms with E-state index >= 15 is 0 Å². The van der Waals surface area contributed by atoms with Crippen molar-refractivity contribution in [1.82, 2.24) is 14.7 Å². The van der Waals surface area contributed by atoms with Crippen LogP contribution < -0.4 is 10.0 Å². The van der Waals surface area contributed by atoms with Gasteiger partial charge in [0.15, 0.2) is 0 Å². The summed E-state index contributed by atoms with van der Waals surface area (Å²) in [6, 6.07) is 18.5. The van der Waals surface area contributed by atoms with Crippen LogP contribution >= 0.6 is 11.3 Å². The maximum Gasteiger partial charge on any atom is 0.361 e. The first-order valence-corrected chi connectivity index (χ1v) is 10.3. The molecule has 0 saturated carbocycles. The maximum atomic E-state index is 12.5. The molecule has 3 N–H and O–H groups in total. The average molecular weight is 398 g/mol. The quantitative estimate of drug-likeness (QED) is 0.352. The Balaban J connectivity index is 1.50. The predicted molar refractivity (Wildman–Crippen MR) is 110 cm³/mol. The lowest BCUT2D eigenvalue weighted by Gasteiger charge is -2.04. The monoisotopic (exact) mass is 397 g/mol. The summed E-state index contributed by atoms with van der Waals surface area (Å²) < 4.78 is 15.0. The number of hydrogen-bond donors (Lipinski definition) is 3. The largest absolute Gasteiger partial charge is 0.361 e. The van der Waals surface area contributed by atoms with Gasteiger partial charge in [0.1, 0.15) is 10.7 Å². The Bertz CT molecular complexity index is 1100. The second-order valence-electron chi connectivity index (χ2n) is 5.88. The number of aromatic amines is 1. The number of hydrogen-bond acceptors (Lipinski definition) is 4. The van der Waals surface area contributed by atoms with E-state index < -0.39 is 17.0 Å². The first-order valence-electron chi connectivity index (χ1n) is 8.25. The first kappa shape index (κ1) is 17.4. The Labute approximate surface area is 162 Å². The number of aromatic nitrogens is 2. The highest BCUT2D eigenvalue weighted by Gasteiger charge is 2.19. The molecule has 0 fully saturated rings. The van der Waals surface area contributed by atoms with E-state index in [4.69, 9.17) is 0 Å². The van der Waals surface area contributed by atoms with Gasteiger partial charge in [0.25, 0.3) is 5.03 Å². The summed E-state index contributed by atoms with van der Waals surface area (Å²) in [6.45, 7) is 1.88. The van der Waals surface area contributed by atoms with Crippen molar-refractivity contribution in [1.29, 1.82) is 0 Å². The molecule has 4 rings (SSSR count). The SMILES string of the molecule is Cc1nc(-c2ccccc2)c(NC(=O)N[SH+](=O)c2cc3ccccc3[nH]2)s1. The van der Waals surface area contributed by atoms with Gasteiger partial charge in [0.05, 0.1) is 5.01 Å². The maximum absolute atomic E-state index is 12.5. The Kier molecular flexibility index (Phi) is 4.74. The molecule has 0 saturated heterocycles. The van der Waals surface area contributed by atoms with Gasteiger partial charge >= 0.3 is 6.03 Å². The van der Waals surface area contributed by atoms with Gasteiger partial charge in [-0.1, -0.05) is 52.7 Å². The highest BCUT2D eigenvalue weighted by atomic mass is 32.2. The number of thiol groups is 1. The third-order valence-electron chi connectivity index (χ3n) is 3.95. The predicted octanol–water partition coefficient (Wildman–Crippen LogP) is 4.39. The van der Waals surface area contributed by atoms with Crippen LogP contribution in [0.1, 0.15) is 5.01 Å². The molecule has 1 unspecified atom stereocenters. The number of H-pyrrole nitrogens is 1. The van der Waals surface area contributed by atoms with E-state index in [1.54, 1.807) is 6.07 Å². The summed E-state index contributed by atoms with van der Waals surface area (Å²) in [5.74, 6) is 0. The molecule has 6 nitrogen and oxygen atoms in total. The van der Waals surface area contributed by atoms with E-state index in [9.17, 15) is 9.00 Å². The van der Waals surface area contributed by atoms with Crippen molar-refractivity contribution in [2.24, 2.45) is 0 Å². The molecule has 27 heavy (non-hydrogen) atoms. The van der Waals surface area contributed by atoms with Crippen LogP contribution in [-0.4, -0.2) is 16.0 Å². The van der Waals surface area contributed by atoms with Crippen LogP contribution in [0, 0.1) is 6.92 Å². The zero-order valence-electron chi connectivity index (χ0n) is 14.4. The van der Waals surface area contributed by atoms with Gasteiger partial charge in [0, 0.05) is 22.5 Å². The van der Waals surface area contributed by atoms with Gasteiger partial charge in [0.2, 0.25) is 11.0 Å². The van der Waals surface area contributed by atoms with Crippen LogP contribution in [0.4, 0.5) is 9.80 Å². The van der Waals surface area contributed by atoms with Crippen molar-refractivity contribution in [3.8, 4) is 11.3 Å². The number of nitrogens with one attached hydrogen (secondary N) is 3. The molecule has 0 aliphatic carbocycles. The van der Waals surface area contributed by atoms with Gasteiger partial charge in [-0.3, -0.25) is 5.32 Å². The van der Waals surface area contributed by atoms with Crippen molar-refractivity contribution >= 4 is 44.3 Å². The molecule has 4 aromatic rings. The minimum atomic E-state index is -2.10. The number of carbonyl (C=O) groups is 1. The first-order chi connectivity index (χ1) is 13.1. The van der Waals surface area contributed by atoms with Crippen LogP contribution in [0.2, 0.25) is 0 Å². The van der Waals surface area contributed by atoms with Crippen LogP contribution in [0.3, 0.4) is 0 Å². The van der Waals surface area contributed by atoms with E-state index in [-0.39, 0.29) is 0 Å². The highest BCUT2D eigenvalue weighted by molar-refractivity contribution is 7.83. The Morgan fingerprint density at radius 3 is 2.63 bits per heavy atom. The smallest absolute Gasteiger partial charge is 0.314 e. The molecule has 0 bridgehead atoms. The number of anilines is 1. The fourth-order valence-corrected chi connectivity index (χ4v) is 4.43. The molecule has 1 atom stereocenters. The Morgan fingerprint density at radius 2 is 1.85 bits per heavy atom. The molecule has 2 aromatic heterocycles. The number of thiazole rings is 1. The van der Waals surface area contributed by atoms with Crippen LogP contribution in [0.15, 0.2) is 65.7 Å². The van der Waals surface area contributed by atoms with Crippen molar-refractivity contribution < 1.29 is 9.00 Å². The van der Waals surface area contributed by atoms with Crippen molar-refractivity contribution in [3.05, 3.63) is 65.7 Å². The van der Waals surface area contributed by atoms with E-state index in [1.165, 1.54) is 11.3 Å². The van der Waals surface area contributed by atoms with Crippen molar-refractivity contribution in [3.63, 3.8) is 0 Å². The van der Waals surface area contributed by atoms with Gasteiger partial charge in [-0.05, 0) is 13.0 Å². The molecule has 2 heterocycles.